The van der Waals surface area contributed by atoms with Gasteiger partial charge in [0.2, 0.25) is 5.91 Å². The largest absolute Gasteiger partial charge is 0.497 e. The van der Waals surface area contributed by atoms with Gasteiger partial charge in [-0.2, -0.15) is 0 Å². The molecule has 0 atom stereocenters. The number of rotatable bonds is 4. The highest BCUT2D eigenvalue weighted by atomic mass is 35.5. The first kappa shape index (κ1) is 16.3. The lowest BCUT2D eigenvalue weighted by Gasteiger charge is -2.21. The number of imidazole rings is 1. The fourth-order valence-corrected chi connectivity index (χ4v) is 2.70. The molecule has 0 aliphatic rings. The fraction of sp³-hybridized carbons (Fsp3) is 0.235. The maximum Gasteiger partial charge on any atom is 0.225 e. The van der Waals surface area contributed by atoms with Crippen molar-refractivity contribution in [1.29, 1.82) is 0 Å². The first-order chi connectivity index (χ1) is 11.5. The summed E-state index contributed by atoms with van der Waals surface area (Å²) in [6.45, 7) is 1.87. The lowest BCUT2D eigenvalue weighted by Crippen LogP contribution is -2.29. The summed E-state index contributed by atoms with van der Waals surface area (Å²) in [6.07, 6.45) is 1.68. The van der Waals surface area contributed by atoms with Gasteiger partial charge in [-0.3, -0.25) is 9.69 Å². The second kappa shape index (κ2) is 6.49. The van der Waals surface area contributed by atoms with Crippen LogP contribution in [0, 0.1) is 0 Å². The zero-order valence-corrected chi connectivity index (χ0v) is 14.4. The number of benzene rings is 1. The molecule has 6 nitrogen and oxygen atoms in total. The Morgan fingerprint density at radius 3 is 2.67 bits per heavy atom. The Hall–Kier alpha value is -2.60. The number of halogens is 1. The molecule has 3 rings (SSSR count). The van der Waals surface area contributed by atoms with Gasteiger partial charge in [0, 0.05) is 20.0 Å². The molecule has 0 bridgehead atoms. The van der Waals surface area contributed by atoms with Crippen molar-refractivity contribution in [3.05, 3.63) is 47.4 Å². The smallest absolute Gasteiger partial charge is 0.225 e. The maximum atomic E-state index is 12.2. The average molecular weight is 345 g/mol. The molecule has 0 saturated heterocycles. The van der Waals surface area contributed by atoms with Gasteiger partial charge in [-0.05, 0) is 17.7 Å². The number of hydrogen-bond donors (Lipinski definition) is 0. The number of hydrogen-bond acceptors (Lipinski definition) is 4. The molecule has 124 valence electrons. The van der Waals surface area contributed by atoms with Crippen LogP contribution in [-0.2, 0) is 18.4 Å². The molecule has 3 aromatic rings. The molecule has 0 fully saturated rings. The minimum atomic E-state index is -0.132. The number of anilines is 1. The monoisotopic (exact) mass is 344 g/mol. The maximum absolute atomic E-state index is 12.2. The Labute approximate surface area is 144 Å². The number of amides is 1. The normalized spacial score (nSPS) is 10.8. The minimum absolute atomic E-state index is 0.132. The van der Waals surface area contributed by atoms with Gasteiger partial charge >= 0.3 is 0 Å². The van der Waals surface area contributed by atoms with Crippen molar-refractivity contribution in [2.45, 2.75) is 13.5 Å². The first-order valence-corrected chi connectivity index (χ1v) is 7.76. The van der Waals surface area contributed by atoms with Gasteiger partial charge in [0.1, 0.15) is 16.4 Å². The molecule has 2 heterocycles. The Bertz CT molecular complexity index is 889. The molecule has 0 radical (unpaired) electrons. The van der Waals surface area contributed by atoms with E-state index in [0.717, 1.165) is 16.8 Å². The number of fused-ring (bicyclic) bond motifs is 1. The van der Waals surface area contributed by atoms with E-state index in [4.69, 9.17) is 16.3 Å². The number of carbonyl (C=O) groups excluding carboxylic acids is 1. The van der Waals surface area contributed by atoms with Crippen LogP contribution < -0.4 is 9.64 Å². The summed E-state index contributed by atoms with van der Waals surface area (Å²) in [5.74, 6) is 1.09. The van der Waals surface area contributed by atoms with Crippen molar-refractivity contribution in [2.24, 2.45) is 7.05 Å². The number of methoxy groups -OCH3 is 1. The number of aryl methyl sites for hydroxylation is 1. The average Bonchev–Trinajstić information content (AvgIpc) is 2.93. The predicted molar refractivity (Wildman–Crippen MR) is 93.4 cm³/mol. The third-order valence-electron chi connectivity index (χ3n) is 3.80. The Balaban J connectivity index is 2.03. The molecule has 0 spiro atoms. The van der Waals surface area contributed by atoms with Crippen LogP contribution in [0.4, 0.5) is 5.82 Å². The van der Waals surface area contributed by atoms with Gasteiger partial charge in [0.15, 0.2) is 5.82 Å². The number of carbonyl (C=O) groups is 1. The van der Waals surface area contributed by atoms with Gasteiger partial charge < -0.3 is 9.30 Å². The van der Waals surface area contributed by atoms with E-state index in [1.54, 1.807) is 24.4 Å². The molecule has 2 aromatic heterocycles. The number of nitrogens with zero attached hydrogens (tertiary/aromatic N) is 4. The summed E-state index contributed by atoms with van der Waals surface area (Å²) in [7, 11) is 3.49. The van der Waals surface area contributed by atoms with Gasteiger partial charge in [0.05, 0.1) is 25.5 Å². The molecule has 24 heavy (non-hydrogen) atoms. The van der Waals surface area contributed by atoms with Crippen LogP contribution in [0.15, 0.2) is 36.7 Å². The second-order valence-corrected chi connectivity index (χ2v) is 5.83. The van der Waals surface area contributed by atoms with E-state index in [1.807, 2.05) is 35.9 Å². The summed E-state index contributed by atoms with van der Waals surface area (Å²) < 4.78 is 7.00. The number of ether oxygens (including phenoxy) is 1. The quantitative estimate of drug-likeness (QED) is 0.682. The first-order valence-electron chi connectivity index (χ1n) is 7.38. The van der Waals surface area contributed by atoms with Gasteiger partial charge in [-0.15, -0.1) is 0 Å². The summed E-state index contributed by atoms with van der Waals surface area (Å²) in [6, 6.07) is 9.27. The van der Waals surface area contributed by atoms with E-state index in [1.165, 1.54) is 6.92 Å². The Morgan fingerprint density at radius 2 is 2.04 bits per heavy atom. The molecule has 0 aliphatic heterocycles. The fourth-order valence-electron chi connectivity index (χ4n) is 2.52. The van der Waals surface area contributed by atoms with Crippen molar-refractivity contribution in [3.63, 3.8) is 0 Å². The summed E-state index contributed by atoms with van der Waals surface area (Å²) in [5.41, 5.74) is 2.42. The van der Waals surface area contributed by atoms with Crippen molar-refractivity contribution in [2.75, 3.05) is 12.0 Å². The molecule has 0 aliphatic carbocycles. The van der Waals surface area contributed by atoms with Crippen LogP contribution in [0.2, 0.25) is 5.15 Å². The molecular weight excluding hydrogens is 328 g/mol. The zero-order chi connectivity index (χ0) is 17.3. The molecule has 0 saturated carbocycles. The van der Waals surface area contributed by atoms with Crippen LogP contribution >= 0.6 is 11.6 Å². The van der Waals surface area contributed by atoms with Crippen LogP contribution in [0.25, 0.3) is 11.0 Å². The molecule has 0 unspecified atom stereocenters. The highest BCUT2D eigenvalue weighted by Crippen LogP contribution is 2.28. The van der Waals surface area contributed by atoms with Crippen LogP contribution in [0.1, 0.15) is 12.5 Å². The molecule has 0 N–H and O–H groups in total. The minimum Gasteiger partial charge on any atom is -0.497 e. The highest BCUT2D eigenvalue weighted by Gasteiger charge is 2.20. The van der Waals surface area contributed by atoms with Crippen molar-refractivity contribution in [3.8, 4) is 5.75 Å². The van der Waals surface area contributed by atoms with Gasteiger partial charge in [-0.1, -0.05) is 23.7 Å². The van der Waals surface area contributed by atoms with E-state index in [0.29, 0.717) is 23.0 Å². The van der Waals surface area contributed by atoms with E-state index in [-0.39, 0.29) is 5.91 Å². The third-order valence-corrected chi connectivity index (χ3v) is 3.99. The van der Waals surface area contributed by atoms with Gasteiger partial charge in [-0.25, -0.2) is 9.97 Å². The van der Waals surface area contributed by atoms with Crippen LogP contribution in [0.3, 0.4) is 0 Å². The second-order valence-electron chi connectivity index (χ2n) is 5.45. The SMILES string of the molecule is COc1ccc(CN(C(C)=O)c2nc(Cl)cc3c2ncn3C)cc1. The molecule has 7 heteroatoms. The topological polar surface area (TPSA) is 60.2 Å². The lowest BCUT2D eigenvalue weighted by atomic mass is 10.2. The third kappa shape index (κ3) is 3.05. The Kier molecular flexibility index (Phi) is 4.40. The van der Waals surface area contributed by atoms with E-state index in [2.05, 4.69) is 9.97 Å². The van der Waals surface area contributed by atoms with E-state index < -0.39 is 0 Å². The van der Waals surface area contributed by atoms with Crippen molar-refractivity contribution in [1.82, 2.24) is 14.5 Å². The van der Waals surface area contributed by atoms with Crippen molar-refractivity contribution >= 4 is 34.4 Å². The molecule has 1 aromatic carbocycles. The molecule has 1 amide bonds. The highest BCUT2D eigenvalue weighted by molar-refractivity contribution is 6.30. The summed E-state index contributed by atoms with van der Waals surface area (Å²) in [5, 5.41) is 0.321. The number of aromatic nitrogens is 3. The van der Waals surface area contributed by atoms with E-state index >= 15 is 0 Å². The van der Waals surface area contributed by atoms with Gasteiger partial charge in [0.25, 0.3) is 0 Å². The Morgan fingerprint density at radius 1 is 1.33 bits per heavy atom. The van der Waals surface area contributed by atoms with Crippen LogP contribution in [0.5, 0.6) is 5.75 Å². The van der Waals surface area contributed by atoms with Crippen LogP contribution in [-0.4, -0.2) is 27.6 Å². The summed E-state index contributed by atoms with van der Waals surface area (Å²) in [4.78, 5) is 22.5. The standard InChI is InChI=1S/C17H17ClN4O2/c1-11(23)22(9-12-4-6-13(24-3)7-5-12)17-16-14(8-15(18)20-17)21(2)10-19-16/h4-8,10H,9H2,1-3H3. The van der Waals surface area contributed by atoms with Crippen molar-refractivity contribution < 1.29 is 9.53 Å². The zero-order valence-electron chi connectivity index (χ0n) is 13.7. The molecular formula is C17H17ClN4O2. The lowest BCUT2D eigenvalue weighted by molar-refractivity contribution is -0.116. The summed E-state index contributed by atoms with van der Waals surface area (Å²) >= 11 is 6.14. The predicted octanol–water partition coefficient (Wildman–Crippen LogP) is 3.18. The van der Waals surface area contributed by atoms with E-state index in [9.17, 15) is 4.79 Å². The number of pyridine rings is 1.